The molecule has 0 saturated carbocycles. The summed E-state index contributed by atoms with van der Waals surface area (Å²) in [5.74, 6) is -3.36. The van der Waals surface area contributed by atoms with Gasteiger partial charge in [0.2, 0.25) is 0 Å². The molecule has 2 aromatic rings. The topological polar surface area (TPSA) is 38.3 Å². The summed E-state index contributed by atoms with van der Waals surface area (Å²) in [4.78, 5) is 12.0. The second-order valence-corrected chi connectivity index (χ2v) is 5.19. The lowest BCUT2D eigenvalue weighted by Crippen LogP contribution is -2.41. The van der Waals surface area contributed by atoms with E-state index in [0.717, 1.165) is 12.1 Å². The molecule has 1 amide bonds. The van der Waals surface area contributed by atoms with Gasteiger partial charge in [-0.15, -0.1) is 0 Å². The molecule has 0 saturated heterocycles. The number of amides is 1. The fourth-order valence-corrected chi connectivity index (χ4v) is 2.22. The Morgan fingerprint density at radius 1 is 1.04 bits per heavy atom. The highest BCUT2D eigenvalue weighted by atomic mass is 19.1. The molecular formula is C17H16F3NO2. The van der Waals surface area contributed by atoms with Crippen molar-refractivity contribution in [2.24, 2.45) is 0 Å². The fourth-order valence-electron chi connectivity index (χ4n) is 2.22. The summed E-state index contributed by atoms with van der Waals surface area (Å²) >= 11 is 0. The third-order valence-electron chi connectivity index (χ3n) is 3.67. The quantitative estimate of drug-likeness (QED) is 0.916. The van der Waals surface area contributed by atoms with Crippen LogP contribution in [0.25, 0.3) is 0 Å². The molecule has 0 fully saturated rings. The Morgan fingerprint density at radius 3 is 2.17 bits per heavy atom. The normalized spacial score (nSPS) is 13.4. The van der Waals surface area contributed by atoms with Crippen LogP contribution in [0.1, 0.15) is 22.8 Å². The third-order valence-corrected chi connectivity index (χ3v) is 3.67. The zero-order valence-corrected chi connectivity index (χ0v) is 12.7. The molecule has 1 atom stereocenters. The van der Waals surface area contributed by atoms with Gasteiger partial charge in [-0.05, 0) is 25.1 Å². The Labute approximate surface area is 132 Å². The van der Waals surface area contributed by atoms with Crippen LogP contribution in [0, 0.1) is 17.5 Å². The molecule has 0 aromatic heterocycles. The number of rotatable bonds is 5. The molecule has 0 aliphatic heterocycles. The Bertz CT molecular complexity index is 700. The first-order valence-electron chi connectivity index (χ1n) is 6.91. The van der Waals surface area contributed by atoms with Crippen LogP contribution >= 0.6 is 0 Å². The third kappa shape index (κ3) is 3.53. The van der Waals surface area contributed by atoms with Crippen molar-refractivity contribution >= 4 is 5.91 Å². The predicted octanol–water partition coefficient (Wildman–Crippen LogP) is 3.40. The number of halogens is 3. The zero-order valence-electron chi connectivity index (χ0n) is 12.7. The number of nitrogens with one attached hydrogen (secondary N) is 1. The number of carbonyl (C=O) groups excluding carboxylic acids is 1. The van der Waals surface area contributed by atoms with Crippen molar-refractivity contribution in [3.63, 3.8) is 0 Å². The van der Waals surface area contributed by atoms with E-state index in [1.165, 1.54) is 31.4 Å². The zero-order chi connectivity index (χ0) is 17.0. The number of carbonyl (C=O) groups is 1. The van der Waals surface area contributed by atoms with Crippen molar-refractivity contribution in [1.29, 1.82) is 0 Å². The SMILES string of the molecule is CO[C@](C)(CNC(=O)c1c(F)cccc1F)c1ccccc1F. The molecule has 0 unspecified atom stereocenters. The predicted molar refractivity (Wildman–Crippen MR) is 79.5 cm³/mol. The molecule has 0 radical (unpaired) electrons. The van der Waals surface area contributed by atoms with Crippen molar-refractivity contribution < 1.29 is 22.7 Å². The molecule has 1 N–H and O–H groups in total. The van der Waals surface area contributed by atoms with Gasteiger partial charge in [-0.25, -0.2) is 13.2 Å². The molecule has 0 spiro atoms. The molecule has 2 aromatic carbocycles. The van der Waals surface area contributed by atoms with E-state index in [1.54, 1.807) is 13.0 Å². The highest BCUT2D eigenvalue weighted by molar-refractivity contribution is 5.94. The second-order valence-electron chi connectivity index (χ2n) is 5.19. The van der Waals surface area contributed by atoms with Gasteiger partial charge in [-0.2, -0.15) is 0 Å². The molecule has 23 heavy (non-hydrogen) atoms. The van der Waals surface area contributed by atoms with Gasteiger partial charge in [0.1, 0.15) is 28.6 Å². The van der Waals surface area contributed by atoms with Crippen molar-refractivity contribution in [2.75, 3.05) is 13.7 Å². The van der Waals surface area contributed by atoms with Crippen LogP contribution in [0.3, 0.4) is 0 Å². The molecule has 2 rings (SSSR count). The van der Waals surface area contributed by atoms with Crippen molar-refractivity contribution in [2.45, 2.75) is 12.5 Å². The summed E-state index contributed by atoms with van der Waals surface area (Å²) in [7, 11) is 1.36. The Balaban J connectivity index is 2.21. The van der Waals surface area contributed by atoms with E-state index in [2.05, 4.69) is 5.32 Å². The maximum absolute atomic E-state index is 13.9. The van der Waals surface area contributed by atoms with Gasteiger partial charge >= 0.3 is 0 Å². The summed E-state index contributed by atoms with van der Waals surface area (Å²) in [6.07, 6.45) is 0. The van der Waals surface area contributed by atoms with Crippen LogP contribution < -0.4 is 5.32 Å². The fraction of sp³-hybridized carbons (Fsp3) is 0.235. The van der Waals surface area contributed by atoms with E-state index >= 15 is 0 Å². The number of methoxy groups -OCH3 is 1. The van der Waals surface area contributed by atoms with Crippen LogP contribution in [0.15, 0.2) is 42.5 Å². The molecule has 6 heteroatoms. The molecule has 122 valence electrons. The largest absolute Gasteiger partial charge is 0.372 e. The molecule has 0 heterocycles. The standard InChI is InChI=1S/C17H16F3NO2/c1-17(23-2,11-6-3-4-7-12(11)18)10-21-16(22)15-13(19)8-5-9-14(15)20/h3-9H,10H2,1-2H3,(H,21,22)/t17-/m1/s1. The molecular weight excluding hydrogens is 307 g/mol. The summed E-state index contributed by atoms with van der Waals surface area (Å²) in [5.41, 5.74) is -1.63. The highest BCUT2D eigenvalue weighted by Gasteiger charge is 2.30. The first-order valence-corrected chi connectivity index (χ1v) is 6.91. The lowest BCUT2D eigenvalue weighted by atomic mass is 9.95. The van der Waals surface area contributed by atoms with Gasteiger partial charge < -0.3 is 10.1 Å². The van der Waals surface area contributed by atoms with E-state index in [-0.39, 0.29) is 12.1 Å². The maximum Gasteiger partial charge on any atom is 0.257 e. The summed E-state index contributed by atoms with van der Waals surface area (Å²) in [6, 6.07) is 9.10. The van der Waals surface area contributed by atoms with E-state index in [1.807, 2.05) is 0 Å². The van der Waals surface area contributed by atoms with E-state index in [9.17, 15) is 18.0 Å². The molecule has 3 nitrogen and oxygen atoms in total. The van der Waals surface area contributed by atoms with E-state index in [4.69, 9.17) is 4.74 Å². The van der Waals surface area contributed by atoms with Crippen molar-refractivity contribution in [3.05, 3.63) is 71.0 Å². The van der Waals surface area contributed by atoms with Gasteiger partial charge in [-0.1, -0.05) is 24.3 Å². The lowest BCUT2D eigenvalue weighted by Gasteiger charge is -2.29. The minimum Gasteiger partial charge on any atom is -0.372 e. The van der Waals surface area contributed by atoms with Crippen LogP contribution in [0.2, 0.25) is 0 Å². The Hall–Kier alpha value is -2.34. The minimum absolute atomic E-state index is 0.156. The first-order chi connectivity index (χ1) is 10.9. The molecule has 0 aliphatic carbocycles. The second kappa shape index (κ2) is 6.83. The van der Waals surface area contributed by atoms with Gasteiger partial charge in [0.05, 0.1) is 6.54 Å². The van der Waals surface area contributed by atoms with Gasteiger partial charge in [0, 0.05) is 12.7 Å². The average molecular weight is 323 g/mol. The highest BCUT2D eigenvalue weighted by Crippen LogP contribution is 2.26. The van der Waals surface area contributed by atoms with Crippen LogP contribution in [0.4, 0.5) is 13.2 Å². The number of ether oxygens (including phenoxy) is 1. The van der Waals surface area contributed by atoms with Gasteiger partial charge in [-0.3, -0.25) is 4.79 Å². The first kappa shape index (κ1) is 17.0. The average Bonchev–Trinajstić information content (AvgIpc) is 2.53. The maximum atomic E-state index is 13.9. The summed E-state index contributed by atoms with van der Waals surface area (Å²) in [6.45, 7) is 1.42. The lowest BCUT2D eigenvalue weighted by molar-refractivity contribution is 0.000316. The minimum atomic E-state index is -1.18. The molecule has 0 bridgehead atoms. The smallest absolute Gasteiger partial charge is 0.257 e. The van der Waals surface area contributed by atoms with Crippen molar-refractivity contribution in [1.82, 2.24) is 5.32 Å². The van der Waals surface area contributed by atoms with E-state index in [0.29, 0.717) is 0 Å². The van der Waals surface area contributed by atoms with Crippen molar-refractivity contribution in [3.8, 4) is 0 Å². The number of hydrogen-bond acceptors (Lipinski definition) is 2. The monoisotopic (exact) mass is 323 g/mol. The summed E-state index contributed by atoms with van der Waals surface area (Å²) in [5, 5.41) is 2.39. The van der Waals surface area contributed by atoms with Crippen LogP contribution in [-0.2, 0) is 10.3 Å². The summed E-state index contributed by atoms with van der Waals surface area (Å²) < 4.78 is 46.4. The molecule has 0 aliphatic rings. The number of benzene rings is 2. The number of hydrogen-bond donors (Lipinski definition) is 1. The van der Waals surface area contributed by atoms with Gasteiger partial charge in [0.15, 0.2) is 0 Å². The Kier molecular flexibility index (Phi) is 5.05. The van der Waals surface area contributed by atoms with Gasteiger partial charge in [0.25, 0.3) is 5.91 Å². The Morgan fingerprint density at radius 2 is 1.61 bits per heavy atom. The van der Waals surface area contributed by atoms with E-state index < -0.39 is 34.5 Å². The van der Waals surface area contributed by atoms with Crippen LogP contribution in [-0.4, -0.2) is 19.6 Å². The van der Waals surface area contributed by atoms with Crippen LogP contribution in [0.5, 0.6) is 0 Å².